The Morgan fingerprint density at radius 2 is 0.559 bits per heavy atom. The first-order chi connectivity index (χ1) is 33.5. The molecule has 0 aromatic heterocycles. The maximum Gasteiger partial charge on any atom is 0.153 e. The number of rotatable bonds is 28. The number of hydrogen-bond acceptors (Lipinski definition) is 10. The van der Waals surface area contributed by atoms with Crippen LogP contribution < -0.4 is 49.7 Å². The molecule has 0 atom stereocenters. The van der Waals surface area contributed by atoms with Crippen LogP contribution in [0.25, 0.3) is 0 Å². The molecule has 354 valence electrons. The van der Waals surface area contributed by atoms with Gasteiger partial charge < -0.3 is 49.7 Å². The average molecular weight is 915 g/mol. The summed E-state index contributed by atoms with van der Waals surface area (Å²) in [6.45, 7) is 11.4. The minimum atomic E-state index is 0.638. The first kappa shape index (κ1) is 48.5. The lowest BCUT2D eigenvalue weighted by Gasteiger charge is -2.20. The van der Waals surface area contributed by atoms with Crippen molar-refractivity contribution in [1.29, 1.82) is 0 Å². The van der Waals surface area contributed by atoms with Crippen LogP contribution in [0.3, 0.4) is 0 Å². The molecule has 68 heavy (non-hydrogen) atoms. The predicted molar refractivity (Wildman–Crippen MR) is 280 cm³/mol. The van der Waals surface area contributed by atoms with Gasteiger partial charge in [-0.1, -0.05) is 65.5 Å². The van der Waals surface area contributed by atoms with Gasteiger partial charge in [0, 0.05) is 22.7 Å². The molecule has 7 aromatic rings. The summed E-state index contributed by atoms with van der Waals surface area (Å²) in [5.74, 6) is 5.92. The van der Waals surface area contributed by atoms with E-state index in [4.69, 9.17) is 28.4 Å². The molecule has 10 nitrogen and oxygen atoms in total. The van der Waals surface area contributed by atoms with Crippen LogP contribution in [0.2, 0.25) is 0 Å². The summed E-state index contributed by atoms with van der Waals surface area (Å²) in [6.07, 6.45) is 8.40. The Balaban J connectivity index is 1.11. The Hall–Kier alpha value is -7.46. The number of benzene rings is 7. The Morgan fingerprint density at radius 1 is 0.294 bits per heavy atom. The number of para-hydroxylation sites is 2. The van der Waals surface area contributed by atoms with Crippen molar-refractivity contribution in [3.05, 3.63) is 158 Å². The molecule has 0 aliphatic rings. The molecular weight excluding hydrogens is 849 g/mol. The Labute approximate surface area is 402 Å². The van der Waals surface area contributed by atoms with Gasteiger partial charge in [0.25, 0.3) is 0 Å². The van der Waals surface area contributed by atoms with Crippen LogP contribution in [0, 0.1) is 0 Å². The van der Waals surface area contributed by atoms with E-state index < -0.39 is 0 Å². The van der Waals surface area contributed by atoms with Gasteiger partial charge in [-0.3, -0.25) is 0 Å². The molecule has 0 saturated heterocycles. The topological polar surface area (TPSA) is 104 Å². The third-order valence-corrected chi connectivity index (χ3v) is 10.9. The van der Waals surface area contributed by atoms with E-state index in [0.717, 1.165) is 120 Å². The van der Waals surface area contributed by atoms with E-state index in [0.29, 0.717) is 49.4 Å². The normalized spacial score (nSPS) is 10.8. The fraction of sp³-hybridized carbons (Fsp3) is 0.276. The maximum absolute atomic E-state index is 6.65. The second-order valence-corrected chi connectivity index (χ2v) is 16.4. The first-order valence-electron chi connectivity index (χ1n) is 24.2. The fourth-order valence-electron chi connectivity index (χ4n) is 7.00. The second kappa shape index (κ2) is 26.0. The highest BCUT2D eigenvalue weighted by molar-refractivity contribution is 5.85. The predicted octanol–water partition coefficient (Wildman–Crippen LogP) is 17.0. The van der Waals surface area contributed by atoms with Gasteiger partial charge in [-0.25, -0.2) is 0 Å². The van der Waals surface area contributed by atoms with Crippen molar-refractivity contribution in [3.63, 3.8) is 0 Å². The van der Waals surface area contributed by atoms with Crippen LogP contribution in [0.5, 0.6) is 46.0 Å². The SMILES string of the molecule is CCCCOc1ccc(Nc2cccc(Oc3ccc(Oc4cccc(Nc5ccc(OCCCC)cc5)c4Nc4ccc(OCCCC)cc4)cc3)c2Nc2ccc(OCCCC)cc2)cc1. The summed E-state index contributed by atoms with van der Waals surface area (Å²) in [7, 11) is 0. The molecule has 7 aromatic carbocycles. The van der Waals surface area contributed by atoms with Crippen molar-refractivity contribution in [2.45, 2.75) is 79.1 Å². The molecular formula is C58H66N4O6. The van der Waals surface area contributed by atoms with Crippen molar-refractivity contribution in [2.75, 3.05) is 47.7 Å². The number of anilines is 8. The van der Waals surface area contributed by atoms with E-state index in [-0.39, 0.29) is 0 Å². The molecule has 0 saturated carbocycles. The monoisotopic (exact) mass is 914 g/mol. The molecule has 0 aliphatic carbocycles. The van der Waals surface area contributed by atoms with Crippen molar-refractivity contribution >= 4 is 45.5 Å². The van der Waals surface area contributed by atoms with Crippen LogP contribution >= 0.6 is 0 Å². The fourth-order valence-corrected chi connectivity index (χ4v) is 7.00. The van der Waals surface area contributed by atoms with Crippen LogP contribution in [0.4, 0.5) is 45.5 Å². The number of nitrogens with one attached hydrogen (secondary N) is 4. The molecule has 0 fully saturated rings. The minimum Gasteiger partial charge on any atom is -0.494 e. The highest BCUT2D eigenvalue weighted by Crippen LogP contribution is 2.42. The molecule has 4 N–H and O–H groups in total. The number of ether oxygens (including phenoxy) is 6. The quantitative estimate of drug-likeness (QED) is 0.0355. The third-order valence-electron chi connectivity index (χ3n) is 10.9. The standard InChI is InChI=1S/C58H66N4O6/c1-5-9-39-63-47-27-19-43(20-28-47)59-53-15-13-17-55(57(53)61-45-23-31-49(32-24-45)65-41-11-7-3)67-51-35-37-52(38-36-51)68-56-18-14-16-54(60-44-21-29-48(30-22-44)64-40-10-6-2)58(56)62-46-25-33-50(34-26-46)66-42-12-8-4/h13-38,59-62H,5-12,39-42H2,1-4H3. The minimum absolute atomic E-state index is 0.638. The highest BCUT2D eigenvalue weighted by Gasteiger charge is 2.16. The first-order valence-corrected chi connectivity index (χ1v) is 24.2. The zero-order chi connectivity index (χ0) is 47.2. The summed E-state index contributed by atoms with van der Waals surface area (Å²) in [4.78, 5) is 0. The highest BCUT2D eigenvalue weighted by atomic mass is 16.5. The zero-order valence-corrected chi connectivity index (χ0v) is 39.9. The van der Waals surface area contributed by atoms with Gasteiger partial charge in [0.1, 0.15) is 45.9 Å². The molecule has 7 rings (SSSR count). The van der Waals surface area contributed by atoms with Crippen molar-refractivity contribution in [2.24, 2.45) is 0 Å². The molecule has 10 heteroatoms. The Morgan fingerprint density at radius 3 is 0.838 bits per heavy atom. The zero-order valence-electron chi connectivity index (χ0n) is 39.9. The van der Waals surface area contributed by atoms with Gasteiger partial charge in [0.2, 0.25) is 0 Å². The molecule has 0 aliphatic heterocycles. The van der Waals surface area contributed by atoms with Gasteiger partial charge >= 0.3 is 0 Å². The Bertz CT molecular complexity index is 2370. The Kier molecular flexibility index (Phi) is 18.6. The van der Waals surface area contributed by atoms with Crippen LogP contribution in [-0.4, -0.2) is 26.4 Å². The number of unbranched alkanes of at least 4 members (excludes halogenated alkanes) is 4. The van der Waals surface area contributed by atoms with E-state index in [1.165, 1.54) is 0 Å². The summed E-state index contributed by atoms with van der Waals surface area (Å²) >= 11 is 0. The van der Waals surface area contributed by atoms with E-state index >= 15 is 0 Å². The lowest BCUT2D eigenvalue weighted by atomic mass is 10.2. The summed E-state index contributed by atoms with van der Waals surface area (Å²) in [5, 5.41) is 14.4. The molecule has 0 spiro atoms. The van der Waals surface area contributed by atoms with E-state index in [9.17, 15) is 0 Å². The van der Waals surface area contributed by atoms with E-state index in [1.54, 1.807) is 0 Å². The van der Waals surface area contributed by atoms with Gasteiger partial charge in [0.05, 0.1) is 37.8 Å². The van der Waals surface area contributed by atoms with E-state index in [1.807, 2.05) is 158 Å². The summed E-state index contributed by atoms with van der Waals surface area (Å²) < 4.78 is 37.0. The summed E-state index contributed by atoms with van der Waals surface area (Å²) in [6, 6.07) is 51.6. The average Bonchev–Trinajstić information content (AvgIpc) is 3.36. The molecule has 0 bridgehead atoms. The largest absolute Gasteiger partial charge is 0.494 e. The lowest BCUT2D eigenvalue weighted by Crippen LogP contribution is -2.01. The van der Waals surface area contributed by atoms with E-state index in [2.05, 4.69) is 49.0 Å². The van der Waals surface area contributed by atoms with Gasteiger partial charge in [0.15, 0.2) is 11.5 Å². The van der Waals surface area contributed by atoms with Crippen molar-refractivity contribution in [3.8, 4) is 46.0 Å². The summed E-state index contributed by atoms with van der Waals surface area (Å²) in [5.41, 5.74) is 6.84. The smallest absolute Gasteiger partial charge is 0.153 e. The molecule has 0 unspecified atom stereocenters. The second-order valence-electron chi connectivity index (χ2n) is 16.4. The third kappa shape index (κ3) is 14.8. The maximum atomic E-state index is 6.65. The van der Waals surface area contributed by atoms with Gasteiger partial charge in [-0.15, -0.1) is 0 Å². The lowest BCUT2D eigenvalue weighted by molar-refractivity contribution is 0.309. The molecule has 0 heterocycles. The number of hydrogen-bond donors (Lipinski definition) is 4. The molecule has 0 amide bonds. The van der Waals surface area contributed by atoms with Gasteiger partial charge in [-0.2, -0.15) is 0 Å². The van der Waals surface area contributed by atoms with Crippen molar-refractivity contribution < 1.29 is 28.4 Å². The molecule has 0 radical (unpaired) electrons. The van der Waals surface area contributed by atoms with Crippen LogP contribution in [0.15, 0.2) is 158 Å². The van der Waals surface area contributed by atoms with Crippen LogP contribution in [-0.2, 0) is 0 Å². The van der Waals surface area contributed by atoms with Crippen molar-refractivity contribution in [1.82, 2.24) is 0 Å². The van der Waals surface area contributed by atoms with Gasteiger partial charge in [-0.05, 0) is 171 Å². The van der Waals surface area contributed by atoms with Crippen LogP contribution in [0.1, 0.15) is 79.1 Å².